The summed E-state index contributed by atoms with van der Waals surface area (Å²) in [5.74, 6) is 0.294. The number of anilines is 1. The van der Waals surface area contributed by atoms with Crippen LogP contribution in [0.1, 0.15) is 19.3 Å². The van der Waals surface area contributed by atoms with Gasteiger partial charge in [-0.25, -0.2) is 4.99 Å². The van der Waals surface area contributed by atoms with E-state index < -0.39 is 0 Å². The molecule has 0 saturated carbocycles. The molecule has 0 aromatic carbocycles. The van der Waals surface area contributed by atoms with E-state index in [1.807, 2.05) is 0 Å². The lowest BCUT2D eigenvalue weighted by Gasteiger charge is -2.12. The SMILES string of the molecule is NC(=NC1CCCN(O)CC1)Nc1ccc[n+]([O-])c1. The lowest BCUT2D eigenvalue weighted by molar-refractivity contribution is -0.604. The second-order valence-corrected chi connectivity index (χ2v) is 4.63. The average Bonchev–Trinajstić information content (AvgIpc) is 2.54. The molecule has 19 heavy (non-hydrogen) atoms. The second-order valence-electron chi connectivity index (χ2n) is 4.63. The van der Waals surface area contributed by atoms with Gasteiger partial charge in [-0.05, 0) is 25.3 Å². The predicted octanol–water partition coefficient (Wildman–Crippen LogP) is 0.290. The van der Waals surface area contributed by atoms with Crippen LogP contribution in [0.3, 0.4) is 0 Å². The molecule has 1 fully saturated rings. The highest BCUT2D eigenvalue weighted by Gasteiger charge is 2.15. The Morgan fingerprint density at radius 1 is 1.53 bits per heavy atom. The number of nitrogens with zero attached hydrogens (tertiary/aromatic N) is 3. The van der Waals surface area contributed by atoms with Crippen LogP contribution in [0.2, 0.25) is 0 Å². The first-order chi connectivity index (χ1) is 9.13. The summed E-state index contributed by atoms with van der Waals surface area (Å²) in [5, 5.41) is 24.7. The molecule has 1 aliphatic heterocycles. The highest BCUT2D eigenvalue weighted by molar-refractivity contribution is 5.92. The Kier molecular flexibility index (Phi) is 4.53. The molecular formula is C12H19N5O2. The minimum absolute atomic E-state index is 0.104. The Bertz CT molecular complexity index is 452. The number of nitrogens with one attached hydrogen (secondary N) is 1. The Morgan fingerprint density at radius 3 is 3.16 bits per heavy atom. The molecule has 7 heteroatoms. The van der Waals surface area contributed by atoms with Gasteiger partial charge in [-0.1, -0.05) is 0 Å². The first-order valence-corrected chi connectivity index (χ1v) is 6.36. The molecular weight excluding hydrogens is 246 g/mol. The molecule has 4 N–H and O–H groups in total. The summed E-state index contributed by atoms with van der Waals surface area (Å²) >= 11 is 0. The van der Waals surface area contributed by atoms with E-state index >= 15 is 0 Å². The van der Waals surface area contributed by atoms with Crippen molar-refractivity contribution in [2.24, 2.45) is 10.7 Å². The zero-order valence-electron chi connectivity index (χ0n) is 10.7. The number of hydrogen-bond acceptors (Lipinski definition) is 4. The number of nitrogens with two attached hydrogens (primary N) is 1. The van der Waals surface area contributed by atoms with Crippen molar-refractivity contribution in [1.29, 1.82) is 0 Å². The molecule has 1 aromatic heterocycles. The van der Waals surface area contributed by atoms with Crippen LogP contribution in [-0.4, -0.2) is 35.4 Å². The number of aliphatic imine (C=N–C) groups is 1. The van der Waals surface area contributed by atoms with Crippen LogP contribution in [0.25, 0.3) is 0 Å². The highest BCUT2D eigenvalue weighted by atomic mass is 16.5. The summed E-state index contributed by atoms with van der Waals surface area (Å²) in [6, 6.07) is 3.49. The summed E-state index contributed by atoms with van der Waals surface area (Å²) in [6.07, 6.45) is 5.36. The van der Waals surface area contributed by atoms with Crippen LogP contribution in [0.5, 0.6) is 0 Å². The largest absolute Gasteiger partial charge is 0.619 e. The number of hydrogen-bond donors (Lipinski definition) is 3. The van der Waals surface area contributed by atoms with E-state index in [2.05, 4.69) is 10.3 Å². The average molecular weight is 265 g/mol. The van der Waals surface area contributed by atoms with Gasteiger partial charge in [-0.15, -0.1) is 0 Å². The molecule has 0 aliphatic carbocycles. The van der Waals surface area contributed by atoms with Crippen LogP contribution < -0.4 is 15.8 Å². The molecule has 0 bridgehead atoms. The highest BCUT2D eigenvalue weighted by Crippen LogP contribution is 2.13. The van der Waals surface area contributed by atoms with Gasteiger partial charge in [0.2, 0.25) is 6.20 Å². The van der Waals surface area contributed by atoms with E-state index in [4.69, 9.17) is 5.73 Å². The molecule has 1 aliphatic rings. The van der Waals surface area contributed by atoms with Gasteiger partial charge in [0.25, 0.3) is 0 Å². The quantitative estimate of drug-likeness (QED) is 0.309. The number of rotatable bonds is 2. The molecule has 104 valence electrons. The molecule has 1 unspecified atom stereocenters. The van der Waals surface area contributed by atoms with Gasteiger partial charge in [0, 0.05) is 19.2 Å². The van der Waals surface area contributed by atoms with E-state index in [1.165, 1.54) is 17.5 Å². The van der Waals surface area contributed by atoms with Crippen LogP contribution in [0.15, 0.2) is 29.5 Å². The maximum atomic E-state index is 11.1. The van der Waals surface area contributed by atoms with Crippen molar-refractivity contribution in [3.8, 4) is 0 Å². The van der Waals surface area contributed by atoms with Crippen LogP contribution in [-0.2, 0) is 0 Å². The molecule has 1 aromatic rings. The third kappa shape index (κ3) is 4.38. The fourth-order valence-electron chi connectivity index (χ4n) is 2.10. The second kappa shape index (κ2) is 6.35. The minimum Gasteiger partial charge on any atom is -0.619 e. The number of aromatic nitrogens is 1. The van der Waals surface area contributed by atoms with Gasteiger partial charge in [0.15, 0.2) is 12.2 Å². The maximum absolute atomic E-state index is 11.1. The lowest BCUT2D eigenvalue weighted by atomic mass is 10.1. The number of guanidine groups is 1. The molecule has 1 atom stereocenters. The van der Waals surface area contributed by atoms with Crippen LogP contribution in [0, 0.1) is 5.21 Å². The minimum atomic E-state index is 0.104. The zero-order valence-corrected chi connectivity index (χ0v) is 10.7. The van der Waals surface area contributed by atoms with Crippen molar-refractivity contribution in [2.45, 2.75) is 25.3 Å². The van der Waals surface area contributed by atoms with Gasteiger partial charge < -0.3 is 21.5 Å². The third-order valence-electron chi connectivity index (χ3n) is 3.04. The summed E-state index contributed by atoms with van der Waals surface area (Å²) in [5.41, 5.74) is 6.43. The lowest BCUT2D eigenvalue weighted by Crippen LogP contribution is -2.29. The zero-order chi connectivity index (χ0) is 13.7. The fourth-order valence-corrected chi connectivity index (χ4v) is 2.10. The monoisotopic (exact) mass is 265 g/mol. The molecule has 0 amide bonds. The normalized spacial score (nSPS) is 21.9. The summed E-state index contributed by atoms with van der Waals surface area (Å²) in [7, 11) is 0. The molecule has 7 nitrogen and oxygen atoms in total. The van der Waals surface area contributed by atoms with Crippen molar-refractivity contribution >= 4 is 11.6 Å². The van der Waals surface area contributed by atoms with Gasteiger partial charge in [-0.3, -0.25) is 0 Å². The van der Waals surface area contributed by atoms with E-state index in [-0.39, 0.29) is 6.04 Å². The fraction of sp³-hybridized carbons (Fsp3) is 0.500. The van der Waals surface area contributed by atoms with E-state index in [0.717, 1.165) is 19.3 Å². The smallest absolute Gasteiger partial charge is 0.203 e. The Hall–Kier alpha value is -1.86. The van der Waals surface area contributed by atoms with Crippen LogP contribution in [0.4, 0.5) is 5.69 Å². The van der Waals surface area contributed by atoms with Crippen molar-refractivity contribution in [2.75, 3.05) is 18.4 Å². The van der Waals surface area contributed by atoms with Crippen LogP contribution >= 0.6 is 0 Å². The summed E-state index contributed by atoms with van der Waals surface area (Å²) in [6.45, 7) is 1.28. The molecule has 0 radical (unpaired) electrons. The third-order valence-corrected chi connectivity index (χ3v) is 3.04. The van der Waals surface area contributed by atoms with Gasteiger partial charge in [0.05, 0.1) is 6.04 Å². The number of pyridine rings is 1. The maximum Gasteiger partial charge on any atom is 0.203 e. The van der Waals surface area contributed by atoms with E-state index in [9.17, 15) is 10.4 Å². The summed E-state index contributed by atoms with van der Waals surface area (Å²) < 4.78 is 0.699. The topological polar surface area (TPSA) is 101 Å². The first-order valence-electron chi connectivity index (χ1n) is 6.36. The van der Waals surface area contributed by atoms with Gasteiger partial charge >= 0.3 is 0 Å². The molecule has 2 rings (SSSR count). The molecule has 2 heterocycles. The van der Waals surface area contributed by atoms with Gasteiger partial charge in [0.1, 0.15) is 5.69 Å². The van der Waals surface area contributed by atoms with Crippen molar-refractivity contribution in [1.82, 2.24) is 5.06 Å². The van der Waals surface area contributed by atoms with E-state index in [0.29, 0.717) is 29.5 Å². The van der Waals surface area contributed by atoms with Crippen molar-refractivity contribution in [3.05, 3.63) is 29.7 Å². The first kappa shape index (κ1) is 13.6. The number of hydroxylamine groups is 2. The van der Waals surface area contributed by atoms with Crippen molar-refractivity contribution in [3.63, 3.8) is 0 Å². The van der Waals surface area contributed by atoms with Crippen molar-refractivity contribution < 1.29 is 9.94 Å². The summed E-state index contributed by atoms with van der Waals surface area (Å²) in [4.78, 5) is 4.39. The standard InChI is InChI=1S/C12H19N5O2/c13-12(15-11-4-2-7-17(19)9-11)14-10-3-1-6-16(18)8-5-10/h2,4,7,9-10,18H,1,3,5-6,8H2,(H3,13,14,15). The van der Waals surface area contributed by atoms with E-state index in [1.54, 1.807) is 12.1 Å². The Labute approximate surface area is 111 Å². The molecule has 0 spiro atoms. The molecule has 1 saturated heterocycles. The predicted molar refractivity (Wildman–Crippen MR) is 71.6 cm³/mol. The Morgan fingerprint density at radius 2 is 2.37 bits per heavy atom. The Balaban J connectivity index is 1.94. The van der Waals surface area contributed by atoms with Gasteiger partial charge in [-0.2, -0.15) is 9.79 Å².